The lowest BCUT2D eigenvalue weighted by Crippen LogP contribution is -2.16. The quantitative estimate of drug-likeness (QED) is 0.434. The molecule has 0 unspecified atom stereocenters. The number of nitrogens with zero attached hydrogens (tertiary/aromatic N) is 1. The van der Waals surface area contributed by atoms with Gasteiger partial charge in [0.1, 0.15) is 5.75 Å². The third kappa shape index (κ3) is 5.86. The zero-order valence-electron chi connectivity index (χ0n) is 17.0. The van der Waals surface area contributed by atoms with Gasteiger partial charge >= 0.3 is 0 Å². The van der Waals surface area contributed by atoms with Gasteiger partial charge in [0.25, 0.3) is 0 Å². The molecule has 2 aliphatic carbocycles. The van der Waals surface area contributed by atoms with Crippen LogP contribution in [-0.4, -0.2) is 31.3 Å². The lowest BCUT2D eigenvalue weighted by molar-refractivity contribution is -0.111. The summed E-state index contributed by atoms with van der Waals surface area (Å²) in [5.74, 6) is 1.36. The molecule has 1 aromatic carbocycles. The van der Waals surface area contributed by atoms with Crippen molar-refractivity contribution in [3.05, 3.63) is 71.6 Å². The van der Waals surface area contributed by atoms with Crippen LogP contribution in [-0.2, 0) is 4.79 Å². The van der Waals surface area contributed by atoms with E-state index in [-0.39, 0.29) is 5.91 Å². The van der Waals surface area contributed by atoms with Crippen LogP contribution >= 0.6 is 0 Å². The summed E-state index contributed by atoms with van der Waals surface area (Å²) in [5.41, 5.74) is 9.38. The number of dihydropyridines is 1. The minimum atomic E-state index is -0.187. The number of anilines is 1. The summed E-state index contributed by atoms with van der Waals surface area (Å²) in [6, 6.07) is 7.91. The number of hydrogen-bond donors (Lipinski definition) is 3. The van der Waals surface area contributed by atoms with Crippen molar-refractivity contribution >= 4 is 17.8 Å². The number of allylic oxidation sites excluding steroid dienone is 3. The van der Waals surface area contributed by atoms with Gasteiger partial charge < -0.3 is 21.1 Å². The molecule has 6 heteroatoms. The molecular weight excluding hydrogens is 376 g/mol. The maximum atomic E-state index is 12.4. The minimum absolute atomic E-state index is 0.187. The first-order chi connectivity index (χ1) is 14.7. The van der Waals surface area contributed by atoms with Crippen LogP contribution in [0.25, 0.3) is 0 Å². The lowest BCUT2D eigenvalue weighted by atomic mass is 9.98. The molecular formula is C24H28N4O2. The molecule has 1 heterocycles. The number of aliphatic imine (C=N–C) groups is 1. The lowest BCUT2D eigenvalue weighted by Gasteiger charge is -2.15. The Labute approximate surface area is 177 Å². The molecule has 1 aromatic rings. The molecule has 0 spiro atoms. The van der Waals surface area contributed by atoms with Gasteiger partial charge in [-0.2, -0.15) is 0 Å². The summed E-state index contributed by atoms with van der Waals surface area (Å²) in [7, 11) is 0. The zero-order chi connectivity index (χ0) is 20.8. The first kappa shape index (κ1) is 20.0. The Kier molecular flexibility index (Phi) is 6.32. The van der Waals surface area contributed by atoms with Gasteiger partial charge in [-0.1, -0.05) is 6.08 Å². The number of amides is 1. The summed E-state index contributed by atoms with van der Waals surface area (Å²) in [4.78, 5) is 16.9. The molecule has 4 N–H and O–H groups in total. The predicted molar refractivity (Wildman–Crippen MR) is 120 cm³/mol. The van der Waals surface area contributed by atoms with Crippen LogP contribution in [0.4, 0.5) is 5.69 Å². The SMILES string of the molecule is NC=C(C=NC1CC1)C1=C(/C=C/C(=O)Nc2ccc(OCC3CC3)cc2)CNC=C1. The number of benzene rings is 1. The molecule has 30 heavy (non-hydrogen) atoms. The first-order valence-corrected chi connectivity index (χ1v) is 10.5. The molecule has 0 bridgehead atoms. The van der Waals surface area contributed by atoms with Crippen LogP contribution in [0.3, 0.4) is 0 Å². The topological polar surface area (TPSA) is 88.7 Å². The summed E-state index contributed by atoms with van der Waals surface area (Å²) in [6.45, 7) is 1.40. The highest BCUT2D eigenvalue weighted by molar-refractivity contribution is 5.99. The van der Waals surface area contributed by atoms with E-state index in [1.54, 1.807) is 12.3 Å². The summed E-state index contributed by atoms with van der Waals surface area (Å²) >= 11 is 0. The second-order valence-corrected chi connectivity index (χ2v) is 7.89. The first-order valence-electron chi connectivity index (χ1n) is 10.5. The highest BCUT2D eigenvalue weighted by Gasteiger charge is 2.22. The van der Waals surface area contributed by atoms with Crippen molar-refractivity contribution in [1.29, 1.82) is 0 Å². The smallest absolute Gasteiger partial charge is 0.248 e. The zero-order valence-corrected chi connectivity index (χ0v) is 17.0. The molecule has 156 valence electrons. The predicted octanol–water partition coefficient (Wildman–Crippen LogP) is 3.46. The second kappa shape index (κ2) is 9.48. The van der Waals surface area contributed by atoms with E-state index in [4.69, 9.17) is 10.5 Å². The minimum Gasteiger partial charge on any atom is -0.493 e. The Morgan fingerprint density at radius 1 is 1.23 bits per heavy atom. The fourth-order valence-electron chi connectivity index (χ4n) is 3.05. The summed E-state index contributed by atoms with van der Waals surface area (Å²) in [6.07, 6.45) is 15.4. The summed E-state index contributed by atoms with van der Waals surface area (Å²) < 4.78 is 5.73. The highest BCUT2D eigenvalue weighted by Crippen LogP contribution is 2.29. The molecule has 0 radical (unpaired) electrons. The van der Waals surface area contributed by atoms with Crippen molar-refractivity contribution in [3.8, 4) is 5.75 Å². The average Bonchev–Trinajstić information content (AvgIpc) is 3.68. The highest BCUT2D eigenvalue weighted by atomic mass is 16.5. The monoisotopic (exact) mass is 404 g/mol. The van der Waals surface area contributed by atoms with E-state index in [1.807, 2.05) is 48.8 Å². The molecule has 0 aromatic heterocycles. The van der Waals surface area contributed by atoms with Gasteiger partial charge in [0.05, 0.1) is 12.6 Å². The molecule has 6 nitrogen and oxygen atoms in total. The van der Waals surface area contributed by atoms with Crippen LogP contribution in [0.15, 0.2) is 76.6 Å². The van der Waals surface area contributed by atoms with Crippen LogP contribution in [0.1, 0.15) is 25.7 Å². The van der Waals surface area contributed by atoms with E-state index in [0.29, 0.717) is 18.5 Å². The Morgan fingerprint density at radius 3 is 2.73 bits per heavy atom. The molecule has 0 atom stereocenters. The van der Waals surface area contributed by atoms with Gasteiger partial charge in [-0.05, 0) is 79.3 Å². The van der Waals surface area contributed by atoms with Crippen molar-refractivity contribution in [2.75, 3.05) is 18.5 Å². The maximum Gasteiger partial charge on any atom is 0.248 e. The van der Waals surface area contributed by atoms with Gasteiger partial charge in [0, 0.05) is 36.3 Å². The number of nitrogens with two attached hydrogens (primary N) is 1. The van der Waals surface area contributed by atoms with Crippen LogP contribution in [0.2, 0.25) is 0 Å². The fourth-order valence-corrected chi connectivity index (χ4v) is 3.05. The molecule has 1 amide bonds. The Bertz CT molecular complexity index is 917. The van der Waals surface area contributed by atoms with Gasteiger partial charge in [0.2, 0.25) is 5.91 Å². The van der Waals surface area contributed by atoms with Crippen molar-refractivity contribution in [3.63, 3.8) is 0 Å². The second-order valence-electron chi connectivity index (χ2n) is 7.89. The van der Waals surface area contributed by atoms with E-state index >= 15 is 0 Å². The normalized spacial score (nSPS) is 19.4. The number of nitrogens with one attached hydrogen (secondary N) is 2. The van der Waals surface area contributed by atoms with E-state index in [9.17, 15) is 4.79 Å². The number of rotatable bonds is 9. The molecule has 2 fully saturated rings. The van der Waals surface area contributed by atoms with Gasteiger partial charge in [0.15, 0.2) is 0 Å². The summed E-state index contributed by atoms with van der Waals surface area (Å²) in [5, 5.41) is 6.06. The molecule has 1 aliphatic heterocycles. The number of carbonyl (C=O) groups is 1. The van der Waals surface area contributed by atoms with E-state index in [2.05, 4.69) is 15.6 Å². The van der Waals surface area contributed by atoms with Crippen molar-refractivity contribution in [2.24, 2.45) is 16.6 Å². The molecule has 3 aliphatic rings. The van der Waals surface area contributed by atoms with Crippen molar-refractivity contribution < 1.29 is 9.53 Å². The largest absolute Gasteiger partial charge is 0.493 e. The Balaban J connectivity index is 1.37. The van der Waals surface area contributed by atoms with Crippen LogP contribution in [0.5, 0.6) is 5.75 Å². The standard InChI is InChI=1S/C24H28N4O2/c25-13-19(15-27-20-4-5-20)23-11-12-26-14-18(23)3-10-24(29)28-21-6-8-22(9-7-21)30-16-17-1-2-17/h3,6-13,15,17,20,26H,1-2,4-5,14,16,25H2,(H,28,29)/b10-3+,19-13?,27-15?. The molecule has 2 saturated carbocycles. The molecule has 4 rings (SSSR count). The van der Waals surface area contributed by atoms with E-state index in [1.165, 1.54) is 12.8 Å². The van der Waals surface area contributed by atoms with Gasteiger partial charge in [-0.3, -0.25) is 9.79 Å². The van der Waals surface area contributed by atoms with Gasteiger partial charge in [-0.25, -0.2) is 0 Å². The number of ether oxygens (including phenoxy) is 1. The van der Waals surface area contributed by atoms with Gasteiger partial charge in [-0.15, -0.1) is 0 Å². The Morgan fingerprint density at radius 2 is 2.03 bits per heavy atom. The fraction of sp³-hybridized carbons (Fsp3) is 0.333. The van der Waals surface area contributed by atoms with Crippen LogP contribution < -0.4 is 21.1 Å². The van der Waals surface area contributed by atoms with Crippen molar-refractivity contribution in [2.45, 2.75) is 31.7 Å². The maximum absolute atomic E-state index is 12.4. The van der Waals surface area contributed by atoms with Crippen LogP contribution in [0, 0.1) is 5.92 Å². The van der Waals surface area contributed by atoms with E-state index in [0.717, 1.165) is 47.6 Å². The van der Waals surface area contributed by atoms with Crippen molar-refractivity contribution in [1.82, 2.24) is 5.32 Å². The average molecular weight is 405 g/mol. The third-order valence-electron chi connectivity index (χ3n) is 5.21. The number of carbonyl (C=O) groups excluding carboxylic acids is 1. The molecule has 0 saturated heterocycles. The van der Waals surface area contributed by atoms with E-state index < -0.39 is 0 Å². The Hall–Kier alpha value is -3.28. The number of hydrogen-bond acceptors (Lipinski definition) is 5. The third-order valence-corrected chi connectivity index (χ3v) is 5.21.